The number of hydrogen-bond acceptors (Lipinski definition) is 7. The maximum absolute atomic E-state index is 13.6. The van der Waals surface area contributed by atoms with E-state index in [-0.39, 0.29) is 27.8 Å². The lowest BCUT2D eigenvalue weighted by atomic mass is 10.1. The molecular weight excluding hydrogens is 432 g/mol. The molecule has 0 atom stereocenters. The molecule has 0 saturated carbocycles. The molecular formula is C18H17F2N7O3S. The number of alkyl halides is 2. The van der Waals surface area contributed by atoms with Gasteiger partial charge in [-0.2, -0.15) is 10.2 Å². The maximum Gasteiger partial charge on any atom is 0.270 e. The number of sulfonamides is 1. The molecule has 13 heteroatoms. The van der Waals surface area contributed by atoms with Gasteiger partial charge in [0.25, 0.3) is 15.9 Å². The summed E-state index contributed by atoms with van der Waals surface area (Å²) in [5.41, 5.74) is 0.315. The van der Waals surface area contributed by atoms with Crippen molar-refractivity contribution in [1.82, 2.24) is 29.5 Å². The van der Waals surface area contributed by atoms with E-state index >= 15 is 0 Å². The average Bonchev–Trinajstić information content (AvgIpc) is 3.36. The Hall–Kier alpha value is -3.61. The molecule has 10 nitrogen and oxygen atoms in total. The first-order valence-corrected chi connectivity index (χ1v) is 10.4. The zero-order valence-electron chi connectivity index (χ0n) is 16.6. The molecule has 4 aromatic heterocycles. The highest BCUT2D eigenvalue weighted by atomic mass is 32.2. The SMILES string of the molecule is COc1ncc2cnn(C)c2c1NS(=O)(=O)c1cnn(-c2cc(C(C)(F)F)ccn2)c1. The van der Waals surface area contributed by atoms with Gasteiger partial charge in [0.1, 0.15) is 10.6 Å². The van der Waals surface area contributed by atoms with Crippen LogP contribution in [0.5, 0.6) is 5.88 Å². The number of halogens is 2. The number of fused-ring (bicyclic) bond motifs is 1. The third kappa shape index (κ3) is 3.79. The fourth-order valence-electron chi connectivity index (χ4n) is 2.98. The van der Waals surface area contributed by atoms with E-state index in [2.05, 4.69) is 24.9 Å². The fraction of sp³-hybridized carbons (Fsp3) is 0.222. The molecule has 0 unspecified atom stereocenters. The summed E-state index contributed by atoms with van der Waals surface area (Å²) >= 11 is 0. The highest BCUT2D eigenvalue weighted by molar-refractivity contribution is 7.92. The molecule has 0 aliphatic heterocycles. The summed E-state index contributed by atoms with van der Waals surface area (Å²) < 4.78 is 63.4. The van der Waals surface area contributed by atoms with Crippen LogP contribution in [0.4, 0.5) is 14.5 Å². The van der Waals surface area contributed by atoms with E-state index in [9.17, 15) is 17.2 Å². The van der Waals surface area contributed by atoms with E-state index in [0.29, 0.717) is 10.9 Å². The van der Waals surface area contributed by atoms with Crippen LogP contribution >= 0.6 is 0 Å². The third-order valence-corrected chi connectivity index (χ3v) is 5.83. The Morgan fingerprint density at radius 2 is 1.94 bits per heavy atom. The fourth-order valence-corrected chi connectivity index (χ4v) is 3.97. The van der Waals surface area contributed by atoms with Gasteiger partial charge >= 0.3 is 0 Å². The van der Waals surface area contributed by atoms with Gasteiger partial charge in [-0.05, 0) is 12.1 Å². The minimum absolute atomic E-state index is 0.0495. The van der Waals surface area contributed by atoms with Crippen LogP contribution in [-0.4, -0.2) is 45.1 Å². The van der Waals surface area contributed by atoms with E-state index in [1.807, 2.05) is 0 Å². The minimum atomic E-state index is -4.13. The molecule has 4 heterocycles. The van der Waals surface area contributed by atoms with Crippen molar-refractivity contribution in [3.63, 3.8) is 0 Å². The second-order valence-electron chi connectivity index (χ2n) is 6.73. The lowest BCUT2D eigenvalue weighted by molar-refractivity contribution is 0.0173. The molecule has 0 fully saturated rings. The molecule has 0 spiro atoms. The number of pyridine rings is 2. The first kappa shape index (κ1) is 20.7. The summed E-state index contributed by atoms with van der Waals surface area (Å²) in [5.74, 6) is -2.97. The van der Waals surface area contributed by atoms with Crippen LogP contribution in [-0.2, 0) is 23.0 Å². The van der Waals surface area contributed by atoms with Crippen molar-refractivity contribution in [3.05, 3.63) is 48.7 Å². The molecule has 0 aliphatic carbocycles. The first-order chi connectivity index (χ1) is 14.6. The van der Waals surface area contributed by atoms with E-state index in [0.717, 1.165) is 23.9 Å². The second kappa shape index (κ2) is 7.27. The largest absolute Gasteiger partial charge is 0.479 e. The van der Waals surface area contributed by atoms with Crippen LogP contribution in [0.2, 0.25) is 0 Å². The Morgan fingerprint density at radius 1 is 1.16 bits per heavy atom. The van der Waals surface area contributed by atoms with Crippen molar-refractivity contribution in [3.8, 4) is 11.7 Å². The van der Waals surface area contributed by atoms with Gasteiger partial charge in [-0.25, -0.2) is 31.8 Å². The van der Waals surface area contributed by atoms with Crippen molar-refractivity contribution in [2.75, 3.05) is 11.8 Å². The van der Waals surface area contributed by atoms with Crippen molar-refractivity contribution >= 4 is 26.6 Å². The molecule has 1 N–H and O–H groups in total. The lowest BCUT2D eigenvalue weighted by Crippen LogP contribution is -2.14. The molecule has 0 bridgehead atoms. The molecule has 0 amide bonds. The minimum Gasteiger partial charge on any atom is -0.479 e. The van der Waals surface area contributed by atoms with Gasteiger partial charge in [-0.1, -0.05) is 0 Å². The van der Waals surface area contributed by atoms with Gasteiger partial charge in [-0.3, -0.25) is 9.40 Å². The summed E-state index contributed by atoms with van der Waals surface area (Å²) in [6.45, 7) is 0.759. The van der Waals surface area contributed by atoms with Crippen molar-refractivity contribution < 1.29 is 21.9 Å². The standard InChI is InChI=1S/C18H17F2N7O3S/c1-18(19,20)12-4-5-21-14(6-12)27-10-13(9-24-27)31(28,29)25-15-16-11(8-23-26(16)2)7-22-17(15)30-3/h4-10,25H,1-3H3. The smallest absolute Gasteiger partial charge is 0.270 e. The summed E-state index contributed by atoms with van der Waals surface area (Å²) in [7, 11) is -1.11. The van der Waals surface area contributed by atoms with E-state index in [1.165, 1.54) is 36.4 Å². The highest BCUT2D eigenvalue weighted by Gasteiger charge is 2.26. The van der Waals surface area contributed by atoms with Gasteiger partial charge < -0.3 is 4.74 Å². The average molecular weight is 449 g/mol. The van der Waals surface area contributed by atoms with Gasteiger partial charge in [-0.15, -0.1) is 0 Å². The highest BCUT2D eigenvalue weighted by Crippen LogP contribution is 2.32. The Kier molecular flexibility index (Phi) is 4.84. The Labute approximate surface area is 175 Å². The van der Waals surface area contributed by atoms with Crippen LogP contribution in [0.1, 0.15) is 12.5 Å². The van der Waals surface area contributed by atoms with Crippen molar-refractivity contribution in [2.45, 2.75) is 17.7 Å². The van der Waals surface area contributed by atoms with Crippen LogP contribution in [0.25, 0.3) is 16.7 Å². The Bertz CT molecular complexity index is 1380. The molecule has 4 aromatic rings. The summed E-state index contributed by atoms with van der Waals surface area (Å²) in [6.07, 6.45) is 6.52. The number of anilines is 1. The number of hydrogen-bond donors (Lipinski definition) is 1. The van der Waals surface area contributed by atoms with Crippen LogP contribution in [0.15, 0.2) is 48.0 Å². The van der Waals surface area contributed by atoms with Gasteiger partial charge in [0, 0.05) is 37.3 Å². The number of aromatic nitrogens is 6. The molecule has 31 heavy (non-hydrogen) atoms. The monoisotopic (exact) mass is 449 g/mol. The number of aryl methyl sites for hydroxylation is 1. The summed E-state index contributed by atoms with van der Waals surface area (Å²) in [5, 5.41) is 8.67. The second-order valence-corrected chi connectivity index (χ2v) is 8.41. The summed E-state index contributed by atoms with van der Waals surface area (Å²) in [4.78, 5) is 7.88. The number of rotatable bonds is 6. The molecule has 162 valence electrons. The number of nitrogens with one attached hydrogen (secondary N) is 1. The van der Waals surface area contributed by atoms with Crippen molar-refractivity contribution in [1.29, 1.82) is 0 Å². The molecule has 4 rings (SSSR count). The molecule has 0 radical (unpaired) electrons. The van der Waals surface area contributed by atoms with Crippen molar-refractivity contribution in [2.24, 2.45) is 7.05 Å². The molecule has 0 aliphatic rings. The van der Waals surface area contributed by atoms with Gasteiger partial charge in [0.2, 0.25) is 5.88 Å². The predicted molar refractivity (Wildman–Crippen MR) is 107 cm³/mol. The Balaban J connectivity index is 1.72. The van der Waals surface area contributed by atoms with Crippen LogP contribution in [0.3, 0.4) is 0 Å². The zero-order valence-corrected chi connectivity index (χ0v) is 17.4. The number of ether oxygens (including phenoxy) is 1. The predicted octanol–water partition coefficient (Wildman–Crippen LogP) is 2.47. The third-order valence-electron chi connectivity index (χ3n) is 4.52. The topological polar surface area (TPSA) is 117 Å². The molecule has 0 aromatic carbocycles. The Morgan fingerprint density at radius 3 is 2.65 bits per heavy atom. The normalized spacial score (nSPS) is 12.3. The number of nitrogens with zero attached hydrogens (tertiary/aromatic N) is 6. The number of methoxy groups -OCH3 is 1. The van der Waals surface area contributed by atoms with E-state index in [4.69, 9.17) is 4.74 Å². The van der Waals surface area contributed by atoms with Gasteiger partial charge in [0.15, 0.2) is 5.82 Å². The molecule has 0 saturated heterocycles. The summed E-state index contributed by atoms with van der Waals surface area (Å²) in [6, 6.07) is 2.32. The van der Waals surface area contributed by atoms with Crippen LogP contribution < -0.4 is 9.46 Å². The van der Waals surface area contributed by atoms with Crippen LogP contribution in [0, 0.1) is 0 Å². The first-order valence-electron chi connectivity index (χ1n) is 8.87. The lowest BCUT2D eigenvalue weighted by Gasteiger charge is -2.12. The quantitative estimate of drug-likeness (QED) is 0.481. The van der Waals surface area contributed by atoms with Gasteiger partial charge in [0.05, 0.1) is 31.2 Å². The maximum atomic E-state index is 13.6. The van der Waals surface area contributed by atoms with E-state index in [1.54, 1.807) is 13.2 Å². The van der Waals surface area contributed by atoms with E-state index < -0.39 is 15.9 Å². The zero-order chi connectivity index (χ0) is 22.4.